The maximum atomic E-state index is 13.5. The van der Waals surface area contributed by atoms with E-state index in [9.17, 15) is 9.18 Å². The van der Waals surface area contributed by atoms with Gasteiger partial charge in [-0.1, -0.05) is 12.1 Å². The van der Waals surface area contributed by atoms with E-state index in [-0.39, 0.29) is 11.7 Å². The van der Waals surface area contributed by atoms with E-state index < -0.39 is 0 Å². The summed E-state index contributed by atoms with van der Waals surface area (Å²) in [5.74, 6) is 0.864. The summed E-state index contributed by atoms with van der Waals surface area (Å²) in [5, 5.41) is 0. The maximum absolute atomic E-state index is 13.5. The minimum Gasteiger partial charge on any atom is -0.497 e. The standard InChI is InChI=1S/C20H22FNO2/c1-14-9-17(12-18(21)10-14)20(23)22-8-7-16(13-22)11-15-3-5-19(24-2)6-4-15/h3-6,9-10,12,16H,7-8,11,13H2,1-2H3. The predicted molar refractivity (Wildman–Crippen MR) is 91.8 cm³/mol. The molecule has 1 unspecified atom stereocenters. The van der Waals surface area contributed by atoms with Gasteiger partial charge in [-0.2, -0.15) is 0 Å². The third-order valence-corrected chi connectivity index (χ3v) is 4.55. The third kappa shape index (κ3) is 3.75. The summed E-state index contributed by atoms with van der Waals surface area (Å²) in [4.78, 5) is 14.4. The fourth-order valence-electron chi connectivity index (χ4n) is 3.32. The van der Waals surface area contributed by atoms with Gasteiger partial charge in [-0.05, 0) is 67.1 Å². The molecule has 1 saturated heterocycles. The molecule has 2 aromatic carbocycles. The van der Waals surface area contributed by atoms with E-state index in [4.69, 9.17) is 4.74 Å². The Bertz CT molecular complexity index is 707. The van der Waals surface area contributed by atoms with Crippen molar-refractivity contribution < 1.29 is 13.9 Å². The quantitative estimate of drug-likeness (QED) is 0.854. The first kappa shape index (κ1) is 16.5. The summed E-state index contributed by atoms with van der Waals surface area (Å²) in [7, 11) is 1.66. The van der Waals surface area contributed by atoms with Gasteiger partial charge < -0.3 is 9.64 Å². The molecule has 3 nitrogen and oxygen atoms in total. The van der Waals surface area contributed by atoms with E-state index in [1.165, 1.54) is 17.7 Å². The molecule has 1 atom stereocenters. The summed E-state index contributed by atoms with van der Waals surface area (Å²) >= 11 is 0. The van der Waals surface area contributed by atoms with Gasteiger partial charge in [-0.25, -0.2) is 4.39 Å². The minimum atomic E-state index is -0.354. The van der Waals surface area contributed by atoms with Crippen molar-refractivity contribution in [3.8, 4) is 5.75 Å². The number of aryl methyl sites for hydroxylation is 1. The third-order valence-electron chi connectivity index (χ3n) is 4.55. The summed E-state index contributed by atoms with van der Waals surface area (Å²) in [6.07, 6.45) is 1.92. The monoisotopic (exact) mass is 327 g/mol. The van der Waals surface area contributed by atoms with E-state index >= 15 is 0 Å². The highest BCUT2D eigenvalue weighted by Crippen LogP contribution is 2.24. The molecule has 1 fully saturated rings. The molecule has 0 aliphatic carbocycles. The second-order valence-electron chi connectivity index (χ2n) is 6.48. The smallest absolute Gasteiger partial charge is 0.253 e. The molecule has 0 aromatic heterocycles. The number of nitrogens with zero attached hydrogens (tertiary/aromatic N) is 1. The molecule has 24 heavy (non-hydrogen) atoms. The number of halogens is 1. The van der Waals surface area contributed by atoms with Crippen molar-refractivity contribution in [3.05, 3.63) is 65.0 Å². The second-order valence-corrected chi connectivity index (χ2v) is 6.48. The Balaban J connectivity index is 1.62. The van der Waals surface area contributed by atoms with E-state index in [0.717, 1.165) is 37.2 Å². The van der Waals surface area contributed by atoms with Gasteiger partial charge in [0.25, 0.3) is 5.91 Å². The van der Waals surface area contributed by atoms with Crippen LogP contribution >= 0.6 is 0 Å². The number of likely N-dealkylation sites (tertiary alicyclic amines) is 1. The molecule has 1 aliphatic heterocycles. The van der Waals surface area contributed by atoms with E-state index in [1.54, 1.807) is 20.1 Å². The van der Waals surface area contributed by atoms with Crippen LogP contribution in [-0.2, 0) is 6.42 Å². The summed E-state index contributed by atoms with van der Waals surface area (Å²) in [5.41, 5.74) is 2.46. The van der Waals surface area contributed by atoms with Gasteiger partial charge in [-0.15, -0.1) is 0 Å². The van der Waals surface area contributed by atoms with Crippen molar-refractivity contribution in [1.82, 2.24) is 4.90 Å². The average molecular weight is 327 g/mol. The highest BCUT2D eigenvalue weighted by molar-refractivity contribution is 5.94. The van der Waals surface area contributed by atoms with Gasteiger partial charge in [0.15, 0.2) is 0 Å². The van der Waals surface area contributed by atoms with Gasteiger partial charge in [0.2, 0.25) is 0 Å². The summed E-state index contributed by atoms with van der Waals surface area (Å²) in [6, 6.07) is 12.6. The molecule has 0 spiro atoms. The van der Waals surface area contributed by atoms with Crippen LogP contribution in [0.15, 0.2) is 42.5 Å². The van der Waals surface area contributed by atoms with E-state index in [1.807, 2.05) is 17.0 Å². The number of carbonyl (C=O) groups is 1. The Morgan fingerprint density at radius 1 is 1.25 bits per heavy atom. The van der Waals surface area contributed by atoms with Gasteiger partial charge in [0.05, 0.1) is 7.11 Å². The normalized spacial score (nSPS) is 17.1. The Labute approximate surface area is 142 Å². The van der Waals surface area contributed by atoms with Crippen LogP contribution in [0.25, 0.3) is 0 Å². The Morgan fingerprint density at radius 2 is 2.00 bits per heavy atom. The number of hydrogen-bond acceptors (Lipinski definition) is 2. The van der Waals surface area contributed by atoms with Crippen molar-refractivity contribution in [1.29, 1.82) is 0 Å². The van der Waals surface area contributed by atoms with Gasteiger partial charge in [-0.3, -0.25) is 4.79 Å². The lowest BCUT2D eigenvalue weighted by Gasteiger charge is -2.17. The number of benzene rings is 2. The molecule has 0 N–H and O–H groups in total. The zero-order valence-corrected chi connectivity index (χ0v) is 14.1. The lowest BCUT2D eigenvalue weighted by Crippen LogP contribution is -2.29. The van der Waals surface area contributed by atoms with Crippen LogP contribution < -0.4 is 4.74 Å². The lowest BCUT2D eigenvalue weighted by molar-refractivity contribution is 0.0786. The van der Waals surface area contributed by atoms with Crippen LogP contribution in [-0.4, -0.2) is 31.0 Å². The minimum absolute atomic E-state index is 0.0742. The number of hydrogen-bond donors (Lipinski definition) is 0. The molecular weight excluding hydrogens is 305 g/mol. The molecule has 1 aliphatic rings. The molecule has 3 rings (SSSR count). The van der Waals surface area contributed by atoms with Crippen molar-refractivity contribution in [3.63, 3.8) is 0 Å². The van der Waals surface area contributed by atoms with Crippen molar-refractivity contribution in [2.24, 2.45) is 5.92 Å². The van der Waals surface area contributed by atoms with Crippen molar-refractivity contribution in [2.75, 3.05) is 20.2 Å². The molecule has 0 radical (unpaired) electrons. The van der Waals surface area contributed by atoms with Crippen LogP contribution in [0.4, 0.5) is 4.39 Å². The summed E-state index contributed by atoms with van der Waals surface area (Å²) < 4.78 is 18.7. The lowest BCUT2D eigenvalue weighted by atomic mass is 9.99. The van der Waals surface area contributed by atoms with Crippen molar-refractivity contribution >= 4 is 5.91 Å². The molecule has 1 heterocycles. The number of amides is 1. The SMILES string of the molecule is COc1ccc(CC2CCN(C(=O)c3cc(C)cc(F)c3)C2)cc1. The molecule has 4 heteroatoms. The van der Waals surface area contributed by atoms with Crippen LogP contribution in [0.5, 0.6) is 5.75 Å². The average Bonchev–Trinajstić information content (AvgIpc) is 3.02. The molecule has 2 aromatic rings. The first-order valence-electron chi connectivity index (χ1n) is 8.24. The van der Waals surface area contributed by atoms with Crippen LogP contribution in [0.3, 0.4) is 0 Å². The maximum Gasteiger partial charge on any atom is 0.253 e. The van der Waals surface area contributed by atoms with Crippen LogP contribution in [0.2, 0.25) is 0 Å². The Kier molecular flexibility index (Phi) is 4.84. The van der Waals surface area contributed by atoms with Gasteiger partial charge in [0.1, 0.15) is 11.6 Å². The largest absolute Gasteiger partial charge is 0.497 e. The first-order valence-corrected chi connectivity index (χ1v) is 8.24. The number of carbonyl (C=O) groups excluding carboxylic acids is 1. The molecule has 1 amide bonds. The highest BCUT2D eigenvalue weighted by Gasteiger charge is 2.27. The molecule has 126 valence electrons. The zero-order valence-electron chi connectivity index (χ0n) is 14.1. The van der Waals surface area contributed by atoms with Crippen LogP contribution in [0, 0.1) is 18.7 Å². The van der Waals surface area contributed by atoms with Crippen LogP contribution in [0.1, 0.15) is 27.9 Å². The second kappa shape index (κ2) is 7.04. The highest BCUT2D eigenvalue weighted by atomic mass is 19.1. The summed E-state index contributed by atoms with van der Waals surface area (Å²) in [6.45, 7) is 3.26. The Hall–Kier alpha value is -2.36. The fraction of sp³-hybridized carbons (Fsp3) is 0.350. The van der Waals surface area contributed by atoms with Gasteiger partial charge >= 0.3 is 0 Å². The fourth-order valence-corrected chi connectivity index (χ4v) is 3.32. The topological polar surface area (TPSA) is 29.5 Å². The number of ether oxygens (including phenoxy) is 1. The van der Waals surface area contributed by atoms with E-state index in [2.05, 4.69) is 12.1 Å². The van der Waals surface area contributed by atoms with Crippen molar-refractivity contribution in [2.45, 2.75) is 19.8 Å². The molecule has 0 saturated carbocycles. The molecular formula is C20H22FNO2. The van der Waals surface area contributed by atoms with Gasteiger partial charge in [0, 0.05) is 18.7 Å². The number of rotatable bonds is 4. The zero-order chi connectivity index (χ0) is 17.1. The molecule has 0 bridgehead atoms. The van der Waals surface area contributed by atoms with E-state index in [0.29, 0.717) is 11.5 Å². The Morgan fingerprint density at radius 3 is 2.67 bits per heavy atom. The first-order chi connectivity index (χ1) is 11.5. The predicted octanol–water partition coefficient (Wildman–Crippen LogP) is 3.85. The number of methoxy groups -OCH3 is 1.